The van der Waals surface area contributed by atoms with Crippen molar-refractivity contribution in [3.05, 3.63) is 65.7 Å². The Morgan fingerprint density at radius 3 is 2.25 bits per heavy atom. The summed E-state index contributed by atoms with van der Waals surface area (Å²) < 4.78 is 0. The van der Waals surface area contributed by atoms with Gasteiger partial charge in [-0.05, 0) is 42.5 Å². The number of hydrogen-bond donors (Lipinski definition) is 1. The number of aryl methyl sites for hydroxylation is 1. The zero-order valence-electron chi connectivity index (χ0n) is 18.7. The van der Waals surface area contributed by atoms with Gasteiger partial charge in [0.25, 0.3) is 0 Å². The smallest absolute Gasteiger partial charge is 0.223 e. The fourth-order valence-corrected chi connectivity index (χ4v) is 5.33. The molecule has 2 aliphatic heterocycles. The third-order valence-electron chi connectivity index (χ3n) is 6.47. The highest BCUT2D eigenvalue weighted by Crippen LogP contribution is 2.21. The van der Waals surface area contributed by atoms with Crippen LogP contribution >= 0.6 is 11.8 Å². The van der Waals surface area contributed by atoms with E-state index in [2.05, 4.69) is 46.6 Å². The second-order valence-corrected chi connectivity index (χ2v) is 9.85. The molecule has 0 aromatic heterocycles. The Balaban J connectivity index is 1.17. The number of nitrogens with zero attached hydrogens (tertiary/aromatic N) is 2. The second kappa shape index (κ2) is 11.4. The number of hydrogen-bond acceptors (Lipinski definition) is 4. The fraction of sp³-hybridized carbons (Fsp3) is 0.462. The molecule has 5 nitrogen and oxygen atoms in total. The normalized spacial score (nSPS) is 17.2. The molecule has 2 aliphatic rings. The van der Waals surface area contributed by atoms with Crippen molar-refractivity contribution >= 4 is 29.3 Å². The van der Waals surface area contributed by atoms with Gasteiger partial charge >= 0.3 is 0 Å². The van der Waals surface area contributed by atoms with Gasteiger partial charge in [0.05, 0.1) is 0 Å². The number of anilines is 1. The topological polar surface area (TPSA) is 52.7 Å². The average molecular weight is 452 g/mol. The number of nitrogens with one attached hydrogen (secondary N) is 1. The summed E-state index contributed by atoms with van der Waals surface area (Å²) in [5, 5.41) is 3.10. The molecule has 0 unspecified atom stereocenters. The summed E-state index contributed by atoms with van der Waals surface area (Å²) in [6.45, 7) is 4.12. The first-order valence-electron chi connectivity index (χ1n) is 11.7. The maximum Gasteiger partial charge on any atom is 0.223 e. The number of rotatable bonds is 7. The van der Waals surface area contributed by atoms with Crippen molar-refractivity contribution in [1.29, 1.82) is 0 Å². The molecule has 2 amide bonds. The highest BCUT2D eigenvalue weighted by atomic mass is 32.2. The molecule has 0 saturated carbocycles. The molecular weight excluding hydrogens is 418 g/mol. The minimum absolute atomic E-state index is 0.00158. The SMILES string of the molecule is O=C(NCc1ccc(N2CCSCC2)cc1)C1CCN(C(=O)CCc2ccccc2)CC1. The zero-order chi connectivity index (χ0) is 22.2. The first-order valence-corrected chi connectivity index (χ1v) is 12.9. The highest BCUT2D eigenvalue weighted by molar-refractivity contribution is 7.99. The molecule has 2 heterocycles. The number of likely N-dealkylation sites (tertiary alicyclic amines) is 1. The molecule has 2 fully saturated rings. The largest absolute Gasteiger partial charge is 0.370 e. The average Bonchev–Trinajstić information content (AvgIpc) is 2.87. The van der Waals surface area contributed by atoms with Gasteiger partial charge in [-0.2, -0.15) is 11.8 Å². The lowest BCUT2D eigenvalue weighted by Crippen LogP contribution is -2.43. The van der Waals surface area contributed by atoms with Crippen molar-refractivity contribution in [3.63, 3.8) is 0 Å². The Labute approximate surface area is 195 Å². The molecule has 170 valence electrons. The molecule has 0 spiro atoms. The molecule has 0 bridgehead atoms. The lowest BCUT2D eigenvalue weighted by atomic mass is 9.95. The molecule has 0 atom stereocenters. The standard InChI is InChI=1S/C26H33N3O2S/c30-25(11-8-21-4-2-1-3-5-21)29-14-12-23(13-15-29)26(31)27-20-22-6-9-24(10-7-22)28-16-18-32-19-17-28/h1-7,9-10,23H,8,11-20H2,(H,27,31). The fourth-order valence-electron chi connectivity index (χ4n) is 4.42. The Morgan fingerprint density at radius 2 is 1.56 bits per heavy atom. The summed E-state index contributed by atoms with van der Waals surface area (Å²) in [5.74, 6) is 2.68. The van der Waals surface area contributed by atoms with Crippen molar-refractivity contribution in [2.75, 3.05) is 42.6 Å². The molecule has 6 heteroatoms. The minimum atomic E-state index is -0.00158. The molecule has 1 N–H and O–H groups in total. The van der Waals surface area contributed by atoms with E-state index in [0.29, 0.717) is 26.1 Å². The van der Waals surface area contributed by atoms with E-state index in [1.54, 1.807) is 0 Å². The first kappa shape index (κ1) is 22.7. The van der Waals surface area contributed by atoms with Crippen LogP contribution in [0.25, 0.3) is 0 Å². The predicted molar refractivity (Wildman–Crippen MR) is 132 cm³/mol. The van der Waals surface area contributed by atoms with E-state index >= 15 is 0 Å². The van der Waals surface area contributed by atoms with E-state index in [1.165, 1.54) is 22.8 Å². The van der Waals surface area contributed by atoms with Crippen LogP contribution in [-0.2, 0) is 22.6 Å². The summed E-state index contributed by atoms with van der Waals surface area (Å²) in [5.41, 5.74) is 3.59. The number of amides is 2. The number of carbonyl (C=O) groups is 2. The molecule has 2 saturated heterocycles. The summed E-state index contributed by atoms with van der Waals surface area (Å²) in [6, 6.07) is 18.7. The van der Waals surface area contributed by atoms with Gasteiger partial charge in [0.1, 0.15) is 0 Å². The van der Waals surface area contributed by atoms with Gasteiger partial charge in [-0.1, -0.05) is 42.5 Å². The third kappa shape index (κ3) is 6.28. The lowest BCUT2D eigenvalue weighted by molar-refractivity contribution is -0.135. The van der Waals surface area contributed by atoms with Crippen LogP contribution in [0.3, 0.4) is 0 Å². The quantitative estimate of drug-likeness (QED) is 0.697. The molecule has 2 aromatic carbocycles. The summed E-state index contributed by atoms with van der Waals surface area (Å²) in [4.78, 5) is 29.5. The van der Waals surface area contributed by atoms with Gasteiger partial charge in [-0.25, -0.2) is 0 Å². The zero-order valence-corrected chi connectivity index (χ0v) is 19.5. The van der Waals surface area contributed by atoms with Gasteiger partial charge in [-0.3, -0.25) is 9.59 Å². The van der Waals surface area contributed by atoms with Crippen LogP contribution in [0.1, 0.15) is 30.4 Å². The van der Waals surface area contributed by atoms with Crippen LogP contribution < -0.4 is 10.2 Å². The van der Waals surface area contributed by atoms with E-state index in [0.717, 1.165) is 37.9 Å². The molecule has 0 aliphatic carbocycles. The lowest BCUT2D eigenvalue weighted by Gasteiger charge is -2.31. The Morgan fingerprint density at radius 1 is 0.875 bits per heavy atom. The van der Waals surface area contributed by atoms with Gasteiger partial charge in [0.15, 0.2) is 0 Å². The van der Waals surface area contributed by atoms with Crippen molar-refractivity contribution in [2.45, 2.75) is 32.2 Å². The molecule has 2 aromatic rings. The van der Waals surface area contributed by atoms with Crippen LogP contribution in [0.2, 0.25) is 0 Å². The predicted octanol–water partition coefficient (Wildman–Crippen LogP) is 3.73. The van der Waals surface area contributed by atoms with Crippen LogP contribution in [0.4, 0.5) is 5.69 Å². The second-order valence-electron chi connectivity index (χ2n) is 8.62. The van der Waals surface area contributed by atoms with E-state index in [4.69, 9.17) is 0 Å². The van der Waals surface area contributed by atoms with Crippen molar-refractivity contribution in [1.82, 2.24) is 10.2 Å². The molecule has 32 heavy (non-hydrogen) atoms. The van der Waals surface area contributed by atoms with Crippen LogP contribution in [0, 0.1) is 5.92 Å². The summed E-state index contributed by atoms with van der Waals surface area (Å²) in [6.07, 6.45) is 2.80. The third-order valence-corrected chi connectivity index (χ3v) is 7.41. The van der Waals surface area contributed by atoms with Crippen LogP contribution in [0.5, 0.6) is 0 Å². The Bertz CT molecular complexity index is 874. The van der Waals surface area contributed by atoms with Gasteiger partial charge in [-0.15, -0.1) is 0 Å². The maximum absolute atomic E-state index is 12.6. The highest BCUT2D eigenvalue weighted by Gasteiger charge is 2.27. The first-order chi connectivity index (χ1) is 15.7. The monoisotopic (exact) mass is 451 g/mol. The van der Waals surface area contributed by atoms with E-state index in [-0.39, 0.29) is 17.7 Å². The van der Waals surface area contributed by atoms with Gasteiger partial charge in [0, 0.05) is 62.3 Å². The maximum atomic E-state index is 12.6. The molecular formula is C26H33N3O2S. The van der Waals surface area contributed by atoms with Crippen LogP contribution in [-0.4, -0.2) is 54.4 Å². The van der Waals surface area contributed by atoms with Gasteiger partial charge in [0.2, 0.25) is 11.8 Å². The van der Waals surface area contributed by atoms with E-state index < -0.39 is 0 Å². The Kier molecular flexibility index (Phi) is 8.10. The summed E-state index contributed by atoms with van der Waals surface area (Å²) in [7, 11) is 0. The van der Waals surface area contributed by atoms with Crippen molar-refractivity contribution in [2.24, 2.45) is 5.92 Å². The number of piperidine rings is 1. The number of carbonyl (C=O) groups excluding carboxylic acids is 2. The number of thioether (sulfide) groups is 1. The molecule has 4 rings (SSSR count). The number of benzene rings is 2. The minimum Gasteiger partial charge on any atom is -0.370 e. The van der Waals surface area contributed by atoms with Crippen molar-refractivity contribution < 1.29 is 9.59 Å². The summed E-state index contributed by atoms with van der Waals surface area (Å²) >= 11 is 2.01. The van der Waals surface area contributed by atoms with E-state index in [1.807, 2.05) is 34.9 Å². The molecule has 0 radical (unpaired) electrons. The van der Waals surface area contributed by atoms with Crippen molar-refractivity contribution in [3.8, 4) is 0 Å². The van der Waals surface area contributed by atoms with E-state index in [9.17, 15) is 9.59 Å². The Hall–Kier alpha value is -2.47. The van der Waals surface area contributed by atoms with Gasteiger partial charge < -0.3 is 15.1 Å². The van der Waals surface area contributed by atoms with Crippen LogP contribution in [0.15, 0.2) is 54.6 Å².